The van der Waals surface area contributed by atoms with Crippen molar-refractivity contribution in [1.82, 2.24) is 0 Å². The second-order valence-corrected chi connectivity index (χ2v) is 3.37. The molecule has 1 fully saturated rings. The highest BCUT2D eigenvalue weighted by atomic mass is 16.5. The van der Waals surface area contributed by atoms with Crippen LogP contribution in [0.25, 0.3) is 0 Å². The molecule has 2 N–H and O–H groups in total. The number of aliphatic imine (C=N–C) groups is 1. The third-order valence-electron chi connectivity index (χ3n) is 2.33. The standard InChI is InChI=1S/C7H12N2O/c1-7(5-2-3-5)4-10-6(8)9-7/h5H,2-4H2,1H3,(H2,8,9). The molecule has 1 unspecified atom stereocenters. The summed E-state index contributed by atoms with van der Waals surface area (Å²) in [5.41, 5.74) is 5.42. The molecule has 1 aliphatic carbocycles. The fraction of sp³-hybridized carbons (Fsp3) is 0.857. The highest BCUT2D eigenvalue weighted by molar-refractivity contribution is 5.73. The van der Waals surface area contributed by atoms with Gasteiger partial charge in [-0.05, 0) is 25.7 Å². The third kappa shape index (κ3) is 0.770. The minimum Gasteiger partial charge on any atom is -0.463 e. The summed E-state index contributed by atoms with van der Waals surface area (Å²) in [6.07, 6.45) is 2.58. The Hall–Kier alpha value is -0.730. The Balaban J connectivity index is 2.15. The first-order valence-corrected chi connectivity index (χ1v) is 3.69. The van der Waals surface area contributed by atoms with Gasteiger partial charge in [-0.3, -0.25) is 0 Å². The van der Waals surface area contributed by atoms with Crippen molar-refractivity contribution < 1.29 is 4.74 Å². The number of nitrogens with two attached hydrogens (primary N) is 1. The Labute approximate surface area is 60.3 Å². The third-order valence-corrected chi connectivity index (χ3v) is 2.33. The van der Waals surface area contributed by atoms with Gasteiger partial charge in [0.15, 0.2) is 0 Å². The van der Waals surface area contributed by atoms with Crippen molar-refractivity contribution in [3.05, 3.63) is 0 Å². The van der Waals surface area contributed by atoms with Gasteiger partial charge in [-0.25, -0.2) is 4.99 Å². The van der Waals surface area contributed by atoms with Crippen molar-refractivity contribution >= 4 is 6.02 Å². The van der Waals surface area contributed by atoms with E-state index in [0.717, 1.165) is 5.92 Å². The molecule has 0 bridgehead atoms. The van der Waals surface area contributed by atoms with Crippen molar-refractivity contribution in [2.75, 3.05) is 6.61 Å². The molecule has 1 aliphatic heterocycles. The normalized spacial score (nSPS) is 39.1. The van der Waals surface area contributed by atoms with Gasteiger partial charge in [0.2, 0.25) is 0 Å². The highest BCUT2D eigenvalue weighted by Crippen LogP contribution is 2.43. The molecule has 0 aromatic rings. The zero-order valence-corrected chi connectivity index (χ0v) is 6.13. The minimum atomic E-state index is 0.0179. The summed E-state index contributed by atoms with van der Waals surface area (Å²) in [6, 6.07) is 0.370. The molecule has 2 rings (SSSR count). The number of ether oxygens (including phenoxy) is 1. The van der Waals surface area contributed by atoms with Gasteiger partial charge in [0, 0.05) is 0 Å². The molecule has 0 aromatic heterocycles. The van der Waals surface area contributed by atoms with Crippen molar-refractivity contribution in [3.63, 3.8) is 0 Å². The van der Waals surface area contributed by atoms with Crippen LogP contribution in [0.5, 0.6) is 0 Å². The van der Waals surface area contributed by atoms with Gasteiger partial charge in [-0.1, -0.05) is 0 Å². The molecule has 3 nitrogen and oxygen atoms in total. The monoisotopic (exact) mass is 140 g/mol. The predicted molar refractivity (Wildman–Crippen MR) is 38.7 cm³/mol. The Kier molecular flexibility index (Phi) is 0.993. The van der Waals surface area contributed by atoms with Crippen LogP contribution in [0.3, 0.4) is 0 Å². The fourth-order valence-corrected chi connectivity index (χ4v) is 1.45. The van der Waals surface area contributed by atoms with E-state index >= 15 is 0 Å². The molecule has 0 aromatic carbocycles. The minimum absolute atomic E-state index is 0.0179. The first-order chi connectivity index (χ1) is 4.71. The molecular formula is C7H12N2O. The second-order valence-electron chi connectivity index (χ2n) is 3.37. The van der Waals surface area contributed by atoms with E-state index in [1.54, 1.807) is 0 Å². The van der Waals surface area contributed by atoms with Gasteiger partial charge in [0.05, 0.1) is 0 Å². The average Bonchev–Trinajstić information content (AvgIpc) is 2.62. The summed E-state index contributed by atoms with van der Waals surface area (Å²) in [5, 5.41) is 0. The number of hydrogen-bond donors (Lipinski definition) is 1. The molecule has 1 atom stereocenters. The maximum Gasteiger partial charge on any atom is 0.282 e. The molecule has 0 radical (unpaired) electrons. The molecule has 1 heterocycles. The number of rotatable bonds is 1. The molecule has 1 saturated carbocycles. The van der Waals surface area contributed by atoms with E-state index in [4.69, 9.17) is 10.5 Å². The van der Waals surface area contributed by atoms with Crippen molar-refractivity contribution in [2.24, 2.45) is 16.6 Å². The lowest BCUT2D eigenvalue weighted by atomic mass is 9.99. The predicted octanol–water partition coefficient (Wildman–Crippen LogP) is 0.500. The van der Waals surface area contributed by atoms with E-state index in [1.165, 1.54) is 12.8 Å². The zero-order valence-electron chi connectivity index (χ0n) is 6.13. The molecule has 10 heavy (non-hydrogen) atoms. The summed E-state index contributed by atoms with van der Waals surface area (Å²) >= 11 is 0. The van der Waals surface area contributed by atoms with Crippen molar-refractivity contribution in [2.45, 2.75) is 25.3 Å². The van der Waals surface area contributed by atoms with Gasteiger partial charge >= 0.3 is 0 Å². The van der Waals surface area contributed by atoms with Crippen molar-refractivity contribution in [1.29, 1.82) is 0 Å². The summed E-state index contributed by atoms with van der Waals surface area (Å²) in [5.74, 6) is 0.730. The van der Waals surface area contributed by atoms with Crippen LogP contribution in [0.1, 0.15) is 19.8 Å². The van der Waals surface area contributed by atoms with E-state index in [-0.39, 0.29) is 5.54 Å². The molecular weight excluding hydrogens is 128 g/mol. The molecule has 3 heteroatoms. The molecule has 0 spiro atoms. The van der Waals surface area contributed by atoms with E-state index < -0.39 is 0 Å². The van der Waals surface area contributed by atoms with Crippen LogP contribution in [-0.2, 0) is 4.74 Å². The van der Waals surface area contributed by atoms with E-state index in [9.17, 15) is 0 Å². The first-order valence-electron chi connectivity index (χ1n) is 3.69. The largest absolute Gasteiger partial charge is 0.463 e. The van der Waals surface area contributed by atoms with Crippen molar-refractivity contribution in [3.8, 4) is 0 Å². The Morgan fingerprint density at radius 2 is 2.40 bits per heavy atom. The summed E-state index contributed by atoms with van der Waals surface area (Å²) in [7, 11) is 0. The van der Waals surface area contributed by atoms with Crippen LogP contribution in [-0.4, -0.2) is 18.2 Å². The topological polar surface area (TPSA) is 47.6 Å². The average molecular weight is 140 g/mol. The summed E-state index contributed by atoms with van der Waals surface area (Å²) in [4.78, 5) is 4.25. The highest BCUT2D eigenvalue weighted by Gasteiger charge is 2.45. The van der Waals surface area contributed by atoms with Crippen LogP contribution in [0.4, 0.5) is 0 Å². The second kappa shape index (κ2) is 1.65. The van der Waals surface area contributed by atoms with Gasteiger partial charge in [0.1, 0.15) is 12.1 Å². The molecule has 56 valence electrons. The maximum absolute atomic E-state index is 5.40. The number of nitrogens with zero attached hydrogens (tertiary/aromatic N) is 1. The van der Waals surface area contributed by atoms with E-state index in [2.05, 4.69) is 11.9 Å². The van der Waals surface area contributed by atoms with Crippen LogP contribution >= 0.6 is 0 Å². The Morgan fingerprint density at radius 1 is 1.70 bits per heavy atom. The molecule has 2 aliphatic rings. The quantitative estimate of drug-likeness (QED) is 0.576. The maximum atomic E-state index is 5.40. The summed E-state index contributed by atoms with van der Waals surface area (Å²) in [6.45, 7) is 2.80. The van der Waals surface area contributed by atoms with Gasteiger partial charge in [0.25, 0.3) is 6.02 Å². The lowest BCUT2D eigenvalue weighted by Gasteiger charge is -2.15. The van der Waals surface area contributed by atoms with E-state index in [0.29, 0.717) is 12.6 Å². The SMILES string of the molecule is CC1(C2CC2)COC(N)=N1. The number of amidine groups is 1. The molecule has 0 saturated heterocycles. The summed E-state index contributed by atoms with van der Waals surface area (Å²) < 4.78 is 5.10. The van der Waals surface area contributed by atoms with Gasteiger partial charge < -0.3 is 10.5 Å². The van der Waals surface area contributed by atoms with Gasteiger partial charge in [-0.15, -0.1) is 0 Å². The van der Waals surface area contributed by atoms with Crippen LogP contribution < -0.4 is 5.73 Å². The van der Waals surface area contributed by atoms with Crippen LogP contribution in [0.15, 0.2) is 4.99 Å². The zero-order chi connectivity index (χ0) is 7.19. The lowest BCUT2D eigenvalue weighted by Crippen LogP contribution is -2.26. The van der Waals surface area contributed by atoms with E-state index in [1.807, 2.05) is 0 Å². The van der Waals surface area contributed by atoms with Crippen LogP contribution in [0, 0.1) is 5.92 Å². The lowest BCUT2D eigenvalue weighted by molar-refractivity contribution is 0.246. The Bertz CT molecular complexity index is 186. The van der Waals surface area contributed by atoms with Crippen LogP contribution in [0.2, 0.25) is 0 Å². The molecule has 0 amide bonds. The fourth-order valence-electron chi connectivity index (χ4n) is 1.45. The Morgan fingerprint density at radius 3 is 2.80 bits per heavy atom. The smallest absolute Gasteiger partial charge is 0.282 e. The van der Waals surface area contributed by atoms with Gasteiger partial charge in [-0.2, -0.15) is 0 Å². The first kappa shape index (κ1) is 6.01. The number of hydrogen-bond acceptors (Lipinski definition) is 3.